The summed E-state index contributed by atoms with van der Waals surface area (Å²) >= 11 is 0. The molecule has 4 heteroatoms. The molecule has 0 spiro atoms. The molecule has 0 radical (unpaired) electrons. The van der Waals surface area contributed by atoms with Crippen molar-refractivity contribution >= 4 is 21.9 Å². The van der Waals surface area contributed by atoms with E-state index in [-0.39, 0.29) is 0 Å². The Bertz CT molecular complexity index is 1080. The van der Waals surface area contributed by atoms with E-state index in [2.05, 4.69) is 67.3 Å². The van der Waals surface area contributed by atoms with Gasteiger partial charge in [-0.25, -0.2) is 4.98 Å². The number of benzene rings is 3. The summed E-state index contributed by atoms with van der Waals surface area (Å²) in [6.45, 7) is 3.81. The first-order chi connectivity index (χ1) is 13.1. The molecule has 0 bridgehead atoms. The van der Waals surface area contributed by atoms with Gasteiger partial charge in [-0.1, -0.05) is 18.2 Å². The number of rotatable bonds is 6. The Morgan fingerprint density at radius 3 is 2.63 bits per heavy atom. The van der Waals surface area contributed by atoms with Gasteiger partial charge >= 0.3 is 0 Å². The van der Waals surface area contributed by atoms with Crippen LogP contribution in [0.25, 0.3) is 33.3 Å². The van der Waals surface area contributed by atoms with Gasteiger partial charge in [0.05, 0.1) is 6.61 Å². The van der Waals surface area contributed by atoms with E-state index in [1.807, 2.05) is 18.2 Å². The quantitative estimate of drug-likeness (QED) is 0.438. The van der Waals surface area contributed by atoms with E-state index in [0.717, 1.165) is 52.8 Å². The fourth-order valence-corrected chi connectivity index (χ4v) is 3.17. The van der Waals surface area contributed by atoms with Gasteiger partial charge < -0.3 is 14.1 Å². The van der Waals surface area contributed by atoms with Crippen LogP contribution in [0.1, 0.15) is 12.0 Å². The number of fused-ring (bicyclic) bond motifs is 2. The summed E-state index contributed by atoms with van der Waals surface area (Å²) in [4.78, 5) is 6.78. The number of nitrogens with zero attached hydrogens (tertiary/aromatic N) is 2. The van der Waals surface area contributed by atoms with E-state index in [1.165, 1.54) is 5.56 Å². The lowest BCUT2D eigenvalue weighted by Gasteiger charge is -2.11. The second-order valence-corrected chi connectivity index (χ2v) is 7.22. The van der Waals surface area contributed by atoms with Crippen molar-refractivity contribution in [3.63, 3.8) is 0 Å². The third-order valence-electron chi connectivity index (χ3n) is 4.62. The van der Waals surface area contributed by atoms with Crippen LogP contribution in [-0.2, 0) is 0 Å². The Labute approximate surface area is 159 Å². The molecule has 0 aliphatic rings. The Morgan fingerprint density at radius 1 is 0.963 bits per heavy atom. The third-order valence-corrected chi connectivity index (χ3v) is 4.62. The molecule has 27 heavy (non-hydrogen) atoms. The standard InChI is InChI=1S/C23H24N2O2/c1-16-5-10-21-22(13-16)27-23(24-21)19-7-6-18-15-20(9-8-17(18)14-19)26-12-4-11-25(2)3/h5-10,13-15H,4,11-12H2,1-3H3. The Balaban J connectivity index is 1.55. The van der Waals surface area contributed by atoms with Crippen molar-refractivity contribution in [3.8, 4) is 17.2 Å². The minimum absolute atomic E-state index is 0.654. The molecule has 0 saturated heterocycles. The summed E-state index contributed by atoms with van der Waals surface area (Å²) in [5.41, 5.74) is 3.86. The molecule has 0 saturated carbocycles. The van der Waals surface area contributed by atoms with E-state index >= 15 is 0 Å². The number of aryl methyl sites for hydroxylation is 1. The number of hydrogen-bond donors (Lipinski definition) is 0. The maximum absolute atomic E-state index is 5.95. The third kappa shape index (κ3) is 3.96. The molecule has 138 valence electrons. The lowest BCUT2D eigenvalue weighted by atomic mass is 10.1. The summed E-state index contributed by atoms with van der Waals surface area (Å²) < 4.78 is 11.8. The fraction of sp³-hybridized carbons (Fsp3) is 0.261. The van der Waals surface area contributed by atoms with Crippen LogP contribution in [0.15, 0.2) is 59.0 Å². The van der Waals surface area contributed by atoms with Crippen LogP contribution < -0.4 is 4.74 Å². The van der Waals surface area contributed by atoms with Gasteiger partial charge in [-0.15, -0.1) is 0 Å². The van der Waals surface area contributed by atoms with Crippen LogP contribution in [0.2, 0.25) is 0 Å². The van der Waals surface area contributed by atoms with E-state index in [9.17, 15) is 0 Å². The predicted octanol–water partition coefficient (Wildman–Crippen LogP) is 5.29. The Hall–Kier alpha value is -2.85. The van der Waals surface area contributed by atoms with Crippen molar-refractivity contribution < 1.29 is 9.15 Å². The fourth-order valence-electron chi connectivity index (χ4n) is 3.17. The largest absolute Gasteiger partial charge is 0.494 e. The highest BCUT2D eigenvalue weighted by molar-refractivity contribution is 5.88. The summed E-state index contributed by atoms with van der Waals surface area (Å²) in [6.07, 6.45) is 1.02. The molecule has 1 aromatic heterocycles. The zero-order chi connectivity index (χ0) is 18.8. The second kappa shape index (κ2) is 7.41. The lowest BCUT2D eigenvalue weighted by Crippen LogP contribution is -2.15. The molecule has 1 heterocycles. The molecule has 0 N–H and O–H groups in total. The number of ether oxygens (including phenoxy) is 1. The van der Waals surface area contributed by atoms with Gasteiger partial charge in [-0.2, -0.15) is 0 Å². The van der Waals surface area contributed by atoms with Gasteiger partial charge in [0.2, 0.25) is 5.89 Å². The molecule has 0 fully saturated rings. The highest BCUT2D eigenvalue weighted by atomic mass is 16.5. The second-order valence-electron chi connectivity index (χ2n) is 7.22. The highest BCUT2D eigenvalue weighted by Gasteiger charge is 2.09. The summed E-state index contributed by atoms with van der Waals surface area (Å²) in [5, 5.41) is 2.29. The zero-order valence-electron chi connectivity index (χ0n) is 16.0. The molecule has 0 aliphatic carbocycles. The van der Waals surface area contributed by atoms with Crippen LogP contribution >= 0.6 is 0 Å². The van der Waals surface area contributed by atoms with Gasteiger partial charge in [0.25, 0.3) is 0 Å². The molecule has 0 amide bonds. The molecule has 0 atom stereocenters. The first kappa shape index (κ1) is 17.6. The van der Waals surface area contributed by atoms with Gasteiger partial charge in [-0.05, 0) is 80.2 Å². The molecule has 0 aliphatic heterocycles. The van der Waals surface area contributed by atoms with Crippen molar-refractivity contribution in [2.24, 2.45) is 0 Å². The van der Waals surface area contributed by atoms with Crippen LogP contribution in [-0.4, -0.2) is 37.1 Å². The van der Waals surface area contributed by atoms with E-state index in [1.54, 1.807) is 0 Å². The maximum atomic E-state index is 5.95. The Kier molecular flexibility index (Phi) is 4.82. The summed E-state index contributed by atoms with van der Waals surface area (Å²) in [6, 6.07) is 18.5. The van der Waals surface area contributed by atoms with Gasteiger partial charge in [0, 0.05) is 12.1 Å². The molecular formula is C23H24N2O2. The van der Waals surface area contributed by atoms with Crippen molar-refractivity contribution in [1.82, 2.24) is 9.88 Å². The van der Waals surface area contributed by atoms with Crippen LogP contribution in [0.3, 0.4) is 0 Å². The van der Waals surface area contributed by atoms with E-state index < -0.39 is 0 Å². The SMILES string of the molecule is Cc1ccc2nc(-c3ccc4cc(OCCCN(C)C)ccc4c3)oc2c1. The van der Waals surface area contributed by atoms with Gasteiger partial charge in [-0.3, -0.25) is 0 Å². The lowest BCUT2D eigenvalue weighted by molar-refractivity contribution is 0.282. The minimum atomic E-state index is 0.654. The van der Waals surface area contributed by atoms with Crippen molar-refractivity contribution in [1.29, 1.82) is 0 Å². The zero-order valence-corrected chi connectivity index (χ0v) is 16.0. The van der Waals surface area contributed by atoms with E-state index in [0.29, 0.717) is 5.89 Å². The molecule has 0 unspecified atom stereocenters. The molecule has 3 aromatic carbocycles. The molecule has 4 aromatic rings. The summed E-state index contributed by atoms with van der Waals surface area (Å²) in [7, 11) is 4.15. The van der Waals surface area contributed by atoms with Crippen molar-refractivity contribution in [2.45, 2.75) is 13.3 Å². The number of hydrogen-bond acceptors (Lipinski definition) is 4. The number of aromatic nitrogens is 1. The maximum Gasteiger partial charge on any atom is 0.227 e. The minimum Gasteiger partial charge on any atom is -0.494 e. The highest BCUT2D eigenvalue weighted by Crippen LogP contribution is 2.29. The van der Waals surface area contributed by atoms with Gasteiger partial charge in [0.1, 0.15) is 11.3 Å². The Morgan fingerprint density at radius 2 is 1.78 bits per heavy atom. The summed E-state index contributed by atoms with van der Waals surface area (Å²) in [5.74, 6) is 1.56. The first-order valence-corrected chi connectivity index (χ1v) is 9.27. The average Bonchev–Trinajstić information content (AvgIpc) is 3.07. The molecule has 4 nitrogen and oxygen atoms in total. The van der Waals surface area contributed by atoms with Crippen molar-refractivity contribution in [3.05, 3.63) is 60.2 Å². The monoisotopic (exact) mass is 360 g/mol. The smallest absolute Gasteiger partial charge is 0.227 e. The van der Waals surface area contributed by atoms with Crippen LogP contribution in [0, 0.1) is 6.92 Å². The normalized spacial score (nSPS) is 11.6. The average molecular weight is 360 g/mol. The van der Waals surface area contributed by atoms with E-state index in [4.69, 9.17) is 9.15 Å². The van der Waals surface area contributed by atoms with Crippen LogP contribution in [0.4, 0.5) is 0 Å². The topological polar surface area (TPSA) is 38.5 Å². The van der Waals surface area contributed by atoms with Crippen molar-refractivity contribution in [2.75, 3.05) is 27.2 Å². The van der Waals surface area contributed by atoms with Crippen LogP contribution in [0.5, 0.6) is 5.75 Å². The predicted molar refractivity (Wildman–Crippen MR) is 110 cm³/mol. The van der Waals surface area contributed by atoms with Gasteiger partial charge in [0.15, 0.2) is 5.58 Å². The first-order valence-electron chi connectivity index (χ1n) is 9.27. The number of oxazole rings is 1. The molecular weight excluding hydrogens is 336 g/mol. The molecule has 4 rings (SSSR count).